The second-order valence-electron chi connectivity index (χ2n) is 5.44. The highest BCUT2D eigenvalue weighted by molar-refractivity contribution is 8.00. The zero-order valence-electron chi connectivity index (χ0n) is 13.7. The number of carbonyl (C=O) groups excluding carboxylic acids is 1. The quantitative estimate of drug-likeness (QED) is 0.710. The summed E-state index contributed by atoms with van der Waals surface area (Å²) in [5, 5.41) is 14.2. The number of carbonyl (C=O) groups is 1. The van der Waals surface area contributed by atoms with Gasteiger partial charge < -0.3 is 5.32 Å². The van der Waals surface area contributed by atoms with E-state index in [2.05, 4.69) is 20.8 Å². The van der Waals surface area contributed by atoms with Gasteiger partial charge in [-0.15, -0.1) is 5.10 Å². The van der Waals surface area contributed by atoms with Crippen LogP contribution in [0.15, 0.2) is 53.7 Å². The molecule has 128 valence electrons. The Hall–Kier alpha value is -2.74. The summed E-state index contributed by atoms with van der Waals surface area (Å²) in [7, 11) is 0. The molecule has 0 saturated heterocycles. The lowest BCUT2D eigenvalue weighted by Gasteiger charge is -2.12. The van der Waals surface area contributed by atoms with Crippen LogP contribution in [0.5, 0.6) is 0 Å². The van der Waals surface area contributed by atoms with Crippen LogP contribution in [-0.4, -0.2) is 31.4 Å². The van der Waals surface area contributed by atoms with Crippen LogP contribution in [0.1, 0.15) is 12.5 Å². The average molecular weight is 357 g/mol. The van der Waals surface area contributed by atoms with E-state index in [-0.39, 0.29) is 11.6 Å². The lowest BCUT2D eigenvalue weighted by Crippen LogP contribution is -2.23. The van der Waals surface area contributed by atoms with Gasteiger partial charge in [0.25, 0.3) is 0 Å². The number of aromatic nitrogens is 4. The summed E-state index contributed by atoms with van der Waals surface area (Å²) in [5.74, 6) is -0.800. The molecule has 0 aliphatic carbocycles. The summed E-state index contributed by atoms with van der Waals surface area (Å²) in [5.41, 5.74) is 2.08. The van der Waals surface area contributed by atoms with Crippen molar-refractivity contribution in [3.8, 4) is 5.69 Å². The molecule has 1 atom stereocenters. The van der Waals surface area contributed by atoms with Gasteiger partial charge in [0.05, 0.1) is 16.6 Å². The molecular weight excluding hydrogens is 341 g/mol. The maximum absolute atomic E-state index is 13.7. The number of nitrogens with zero attached hydrogens (tertiary/aromatic N) is 4. The number of thioether (sulfide) groups is 1. The lowest BCUT2D eigenvalue weighted by molar-refractivity contribution is -0.115. The number of amides is 1. The van der Waals surface area contributed by atoms with E-state index in [1.807, 2.05) is 31.2 Å². The Morgan fingerprint density at radius 2 is 1.92 bits per heavy atom. The first-order valence-corrected chi connectivity index (χ1v) is 8.50. The first-order chi connectivity index (χ1) is 12.0. The van der Waals surface area contributed by atoms with Crippen molar-refractivity contribution < 1.29 is 9.18 Å². The van der Waals surface area contributed by atoms with E-state index < -0.39 is 11.1 Å². The van der Waals surface area contributed by atoms with Crippen molar-refractivity contribution in [2.45, 2.75) is 24.3 Å². The van der Waals surface area contributed by atoms with E-state index >= 15 is 0 Å². The van der Waals surface area contributed by atoms with Gasteiger partial charge in [0.15, 0.2) is 0 Å². The predicted octanol–water partition coefficient (Wildman–Crippen LogP) is 3.23. The number of tetrazole rings is 1. The van der Waals surface area contributed by atoms with Crippen LogP contribution in [0.25, 0.3) is 5.69 Å². The second kappa shape index (κ2) is 7.43. The number of rotatable bonds is 5. The molecule has 8 heteroatoms. The number of anilines is 1. The first kappa shape index (κ1) is 17.1. The minimum absolute atomic E-state index is 0.151. The van der Waals surface area contributed by atoms with Crippen LogP contribution >= 0.6 is 11.8 Å². The fourth-order valence-electron chi connectivity index (χ4n) is 2.11. The third kappa shape index (κ3) is 4.03. The molecule has 1 N–H and O–H groups in total. The second-order valence-corrected chi connectivity index (χ2v) is 6.75. The van der Waals surface area contributed by atoms with Crippen LogP contribution in [0.4, 0.5) is 10.1 Å². The van der Waals surface area contributed by atoms with Gasteiger partial charge in [0.1, 0.15) is 5.82 Å². The molecule has 1 aromatic heterocycles. The highest BCUT2D eigenvalue weighted by atomic mass is 32.2. The van der Waals surface area contributed by atoms with Gasteiger partial charge in [-0.2, -0.15) is 4.68 Å². The van der Waals surface area contributed by atoms with E-state index in [0.717, 1.165) is 11.3 Å². The Balaban J connectivity index is 1.72. The minimum atomic E-state index is -0.505. The molecule has 0 aliphatic rings. The van der Waals surface area contributed by atoms with E-state index in [4.69, 9.17) is 0 Å². The number of hydrogen-bond acceptors (Lipinski definition) is 5. The number of halogens is 1. The normalized spacial score (nSPS) is 12.0. The molecule has 25 heavy (non-hydrogen) atoms. The van der Waals surface area contributed by atoms with Crippen molar-refractivity contribution in [2.75, 3.05) is 5.32 Å². The number of aryl methyl sites for hydroxylation is 1. The molecule has 3 aromatic rings. The molecule has 1 heterocycles. The van der Waals surface area contributed by atoms with Crippen molar-refractivity contribution in [1.82, 2.24) is 20.2 Å². The molecule has 6 nitrogen and oxygen atoms in total. The topological polar surface area (TPSA) is 72.7 Å². The molecule has 0 bridgehead atoms. The Morgan fingerprint density at radius 1 is 1.20 bits per heavy atom. The van der Waals surface area contributed by atoms with Crippen molar-refractivity contribution >= 4 is 23.4 Å². The monoisotopic (exact) mass is 357 g/mol. The zero-order chi connectivity index (χ0) is 17.8. The number of para-hydroxylation sites is 1. The molecule has 0 aliphatic heterocycles. The molecular formula is C17H16FN5OS. The molecule has 0 saturated carbocycles. The van der Waals surface area contributed by atoms with E-state index in [1.165, 1.54) is 23.9 Å². The van der Waals surface area contributed by atoms with E-state index in [1.54, 1.807) is 23.7 Å². The van der Waals surface area contributed by atoms with Crippen molar-refractivity contribution in [1.29, 1.82) is 0 Å². The van der Waals surface area contributed by atoms with Crippen LogP contribution < -0.4 is 5.32 Å². The number of hydrogen-bond donors (Lipinski definition) is 1. The fraction of sp³-hybridized carbons (Fsp3) is 0.176. The van der Waals surface area contributed by atoms with E-state index in [9.17, 15) is 9.18 Å². The van der Waals surface area contributed by atoms with E-state index in [0.29, 0.717) is 5.16 Å². The Bertz CT molecular complexity index is 881. The van der Waals surface area contributed by atoms with Crippen LogP contribution in [-0.2, 0) is 4.79 Å². The van der Waals surface area contributed by atoms with Gasteiger partial charge in [-0.05, 0) is 48.5 Å². The largest absolute Gasteiger partial charge is 0.323 e. The summed E-state index contributed by atoms with van der Waals surface area (Å²) < 4.78 is 15.2. The Kier molecular flexibility index (Phi) is 5.08. The standard InChI is InChI=1S/C17H16FN5OS/c1-11-7-9-13(10-8-11)23-17(20-21-22-23)25-12(2)16(24)19-15-6-4-3-5-14(15)18/h3-10,12H,1-2H3,(H,19,24). The Morgan fingerprint density at radius 3 is 2.64 bits per heavy atom. The molecule has 0 fully saturated rings. The van der Waals surface area contributed by atoms with Crippen molar-refractivity contribution in [3.05, 3.63) is 59.9 Å². The molecule has 1 amide bonds. The van der Waals surface area contributed by atoms with Gasteiger partial charge >= 0.3 is 0 Å². The highest BCUT2D eigenvalue weighted by Crippen LogP contribution is 2.24. The first-order valence-electron chi connectivity index (χ1n) is 7.62. The summed E-state index contributed by atoms with van der Waals surface area (Å²) >= 11 is 1.20. The molecule has 1 unspecified atom stereocenters. The Labute approximate surface area is 148 Å². The van der Waals surface area contributed by atoms with Crippen molar-refractivity contribution in [2.24, 2.45) is 0 Å². The average Bonchev–Trinajstić information content (AvgIpc) is 3.05. The molecule has 2 aromatic carbocycles. The SMILES string of the molecule is Cc1ccc(-n2nnnc2SC(C)C(=O)Nc2ccccc2F)cc1. The van der Waals surface area contributed by atoms with Gasteiger partial charge in [0, 0.05) is 0 Å². The summed E-state index contributed by atoms with van der Waals surface area (Å²) in [6, 6.07) is 13.8. The van der Waals surface area contributed by atoms with Crippen LogP contribution in [0.2, 0.25) is 0 Å². The van der Waals surface area contributed by atoms with Gasteiger partial charge in [-0.25, -0.2) is 4.39 Å². The summed E-state index contributed by atoms with van der Waals surface area (Å²) in [6.07, 6.45) is 0. The maximum atomic E-state index is 13.7. The molecule has 0 spiro atoms. The van der Waals surface area contributed by atoms with Crippen LogP contribution in [0.3, 0.4) is 0 Å². The summed E-state index contributed by atoms with van der Waals surface area (Å²) in [4.78, 5) is 12.3. The maximum Gasteiger partial charge on any atom is 0.237 e. The number of nitrogens with one attached hydrogen (secondary N) is 1. The highest BCUT2D eigenvalue weighted by Gasteiger charge is 2.20. The fourth-order valence-corrected chi connectivity index (χ4v) is 2.92. The lowest BCUT2D eigenvalue weighted by atomic mass is 10.2. The molecule has 3 rings (SSSR count). The summed E-state index contributed by atoms with van der Waals surface area (Å²) in [6.45, 7) is 3.71. The van der Waals surface area contributed by atoms with Crippen LogP contribution in [0, 0.1) is 12.7 Å². The minimum Gasteiger partial charge on any atom is -0.323 e. The molecule has 0 radical (unpaired) electrons. The smallest absolute Gasteiger partial charge is 0.237 e. The zero-order valence-corrected chi connectivity index (χ0v) is 14.5. The third-order valence-electron chi connectivity index (χ3n) is 3.50. The third-order valence-corrected chi connectivity index (χ3v) is 4.54. The number of benzene rings is 2. The van der Waals surface area contributed by atoms with Gasteiger partial charge in [-0.1, -0.05) is 41.6 Å². The van der Waals surface area contributed by atoms with Gasteiger partial charge in [-0.3, -0.25) is 4.79 Å². The van der Waals surface area contributed by atoms with Gasteiger partial charge in [0.2, 0.25) is 11.1 Å². The predicted molar refractivity (Wildman–Crippen MR) is 94.2 cm³/mol. The van der Waals surface area contributed by atoms with Crippen molar-refractivity contribution in [3.63, 3.8) is 0 Å².